The molecular formula is C22H19F2N5O3S. The molecule has 0 aliphatic rings. The molecule has 2 aromatic carbocycles. The van der Waals surface area contributed by atoms with E-state index in [-0.39, 0.29) is 18.2 Å². The van der Waals surface area contributed by atoms with Gasteiger partial charge in [-0.2, -0.15) is 8.78 Å². The monoisotopic (exact) mass is 471 g/mol. The Kier molecular flexibility index (Phi) is 6.50. The first-order valence-electron chi connectivity index (χ1n) is 9.77. The topological polar surface area (TPSA) is 75.2 Å². The molecule has 8 nitrogen and oxygen atoms in total. The van der Waals surface area contributed by atoms with Gasteiger partial charge in [-0.25, -0.2) is 9.36 Å². The number of methoxy groups -OCH3 is 1. The van der Waals surface area contributed by atoms with E-state index in [2.05, 4.69) is 15.2 Å². The Morgan fingerprint density at radius 1 is 1.09 bits per heavy atom. The van der Waals surface area contributed by atoms with Crippen LogP contribution in [0.15, 0.2) is 73.1 Å². The first-order chi connectivity index (χ1) is 15.9. The van der Waals surface area contributed by atoms with Crippen molar-refractivity contribution < 1.29 is 23.0 Å². The minimum Gasteiger partial charge on any atom is -0.497 e. The van der Waals surface area contributed by atoms with Crippen LogP contribution in [0.5, 0.6) is 11.5 Å². The maximum atomic E-state index is 12.6. The van der Waals surface area contributed by atoms with Gasteiger partial charge < -0.3 is 14.8 Å². The maximum Gasteiger partial charge on any atom is 0.387 e. The largest absolute Gasteiger partial charge is 0.497 e. The Morgan fingerprint density at radius 2 is 1.82 bits per heavy atom. The summed E-state index contributed by atoms with van der Waals surface area (Å²) in [6.45, 7) is -3.07. The Balaban J connectivity index is 1.60. The van der Waals surface area contributed by atoms with E-state index in [1.807, 2.05) is 48.8 Å². The molecule has 0 fully saturated rings. The highest BCUT2D eigenvalue weighted by Gasteiger charge is 2.17. The van der Waals surface area contributed by atoms with Crippen LogP contribution >= 0.6 is 12.2 Å². The van der Waals surface area contributed by atoms with Crippen molar-refractivity contribution in [2.24, 2.45) is 0 Å². The van der Waals surface area contributed by atoms with Gasteiger partial charge in [0.05, 0.1) is 7.11 Å². The number of rotatable bonds is 8. The summed E-state index contributed by atoms with van der Waals surface area (Å²) in [6.07, 6.45) is 3.63. The van der Waals surface area contributed by atoms with Gasteiger partial charge in [-0.05, 0) is 60.7 Å². The summed E-state index contributed by atoms with van der Waals surface area (Å²) in [7, 11) is 1.58. The quantitative estimate of drug-likeness (QED) is 0.385. The molecule has 0 saturated heterocycles. The zero-order valence-corrected chi connectivity index (χ0v) is 18.2. The predicted octanol–water partition coefficient (Wildman–Crippen LogP) is 4.44. The molecule has 1 amide bonds. The molecule has 11 heteroatoms. The lowest BCUT2D eigenvalue weighted by Gasteiger charge is -2.08. The molecule has 0 bridgehead atoms. The minimum absolute atomic E-state index is 0.00128. The van der Waals surface area contributed by atoms with E-state index in [4.69, 9.17) is 17.0 Å². The lowest BCUT2D eigenvalue weighted by atomic mass is 10.2. The van der Waals surface area contributed by atoms with Gasteiger partial charge in [0.25, 0.3) is 0 Å². The van der Waals surface area contributed by atoms with Crippen LogP contribution in [0.4, 0.5) is 14.5 Å². The van der Waals surface area contributed by atoms with E-state index in [1.54, 1.807) is 16.5 Å². The molecule has 0 radical (unpaired) electrons. The van der Waals surface area contributed by atoms with Gasteiger partial charge in [0.15, 0.2) is 5.82 Å². The zero-order valence-electron chi connectivity index (χ0n) is 17.4. The molecule has 2 heterocycles. The second-order valence-electron chi connectivity index (χ2n) is 6.82. The van der Waals surface area contributed by atoms with Gasteiger partial charge in [0, 0.05) is 23.6 Å². The number of ether oxygens (including phenoxy) is 2. The van der Waals surface area contributed by atoms with Crippen LogP contribution in [-0.4, -0.2) is 38.8 Å². The molecule has 2 aromatic heterocycles. The number of benzene rings is 2. The zero-order chi connectivity index (χ0) is 23.4. The van der Waals surface area contributed by atoms with Crippen molar-refractivity contribution in [1.29, 1.82) is 0 Å². The summed E-state index contributed by atoms with van der Waals surface area (Å²) in [5.41, 5.74) is 1.17. The van der Waals surface area contributed by atoms with Crippen molar-refractivity contribution in [2.75, 3.05) is 12.4 Å². The van der Waals surface area contributed by atoms with Crippen LogP contribution in [0.25, 0.3) is 11.4 Å². The van der Waals surface area contributed by atoms with E-state index in [1.165, 1.54) is 28.9 Å². The summed E-state index contributed by atoms with van der Waals surface area (Å²) >= 11 is 5.61. The number of carbonyl (C=O) groups is 1. The number of nitrogens with zero attached hydrogens (tertiary/aromatic N) is 4. The van der Waals surface area contributed by atoms with Gasteiger partial charge in [-0.3, -0.25) is 9.47 Å². The number of alkyl halides is 2. The summed E-state index contributed by atoms with van der Waals surface area (Å²) in [6, 6.07) is 16.7. The molecular weight excluding hydrogens is 452 g/mol. The van der Waals surface area contributed by atoms with E-state index in [0.717, 1.165) is 5.56 Å². The fraction of sp³-hybridized carbons (Fsp3) is 0.136. The lowest BCUT2D eigenvalue weighted by molar-refractivity contribution is -0.116. The normalized spacial score (nSPS) is 10.9. The predicted molar refractivity (Wildman–Crippen MR) is 120 cm³/mol. The van der Waals surface area contributed by atoms with Crippen molar-refractivity contribution in [2.45, 2.75) is 13.2 Å². The average Bonchev–Trinajstić information content (AvgIpc) is 3.43. The number of nitrogens with one attached hydrogen (secondary N) is 1. The fourth-order valence-electron chi connectivity index (χ4n) is 3.17. The Bertz CT molecular complexity index is 1300. The summed E-state index contributed by atoms with van der Waals surface area (Å²) < 4.78 is 39.4. The Labute approximate surface area is 192 Å². The van der Waals surface area contributed by atoms with Gasteiger partial charge >= 0.3 is 6.61 Å². The van der Waals surface area contributed by atoms with Crippen molar-refractivity contribution in [3.8, 4) is 22.9 Å². The Morgan fingerprint density at radius 3 is 2.48 bits per heavy atom. The van der Waals surface area contributed by atoms with Gasteiger partial charge in [0.1, 0.15) is 18.0 Å². The maximum absolute atomic E-state index is 12.6. The number of anilines is 1. The third kappa shape index (κ3) is 5.09. The first-order valence-corrected chi connectivity index (χ1v) is 10.2. The van der Waals surface area contributed by atoms with Crippen molar-refractivity contribution in [3.05, 3.63) is 77.8 Å². The molecule has 0 spiro atoms. The number of aromatic nitrogens is 4. The smallest absolute Gasteiger partial charge is 0.387 e. The number of hydrogen-bond acceptors (Lipinski definition) is 5. The number of amides is 1. The molecule has 1 N–H and O–H groups in total. The molecule has 0 aliphatic carbocycles. The second kappa shape index (κ2) is 9.65. The van der Waals surface area contributed by atoms with E-state index in [9.17, 15) is 13.6 Å². The summed E-state index contributed by atoms with van der Waals surface area (Å²) in [5.74, 6) is 0.794. The highest BCUT2D eigenvalue weighted by molar-refractivity contribution is 7.71. The van der Waals surface area contributed by atoms with Crippen LogP contribution in [0.2, 0.25) is 0 Å². The van der Waals surface area contributed by atoms with Gasteiger partial charge in [-0.15, -0.1) is 5.10 Å². The van der Waals surface area contributed by atoms with Crippen LogP contribution in [0, 0.1) is 4.77 Å². The van der Waals surface area contributed by atoms with Crippen LogP contribution < -0.4 is 14.8 Å². The highest BCUT2D eigenvalue weighted by atomic mass is 32.1. The van der Waals surface area contributed by atoms with Crippen LogP contribution in [-0.2, 0) is 11.3 Å². The van der Waals surface area contributed by atoms with Gasteiger partial charge in [0.2, 0.25) is 10.7 Å². The molecule has 4 aromatic rings. The average molecular weight is 471 g/mol. The molecule has 33 heavy (non-hydrogen) atoms. The van der Waals surface area contributed by atoms with E-state index < -0.39 is 6.61 Å². The number of halogens is 2. The molecule has 0 atom stereocenters. The van der Waals surface area contributed by atoms with Crippen molar-refractivity contribution in [3.63, 3.8) is 0 Å². The van der Waals surface area contributed by atoms with Crippen molar-refractivity contribution in [1.82, 2.24) is 19.1 Å². The second-order valence-corrected chi connectivity index (χ2v) is 7.19. The minimum atomic E-state index is -2.92. The Hall–Kier alpha value is -3.99. The third-order valence-electron chi connectivity index (χ3n) is 4.62. The highest BCUT2D eigenvalue weighted by Crippen LogP contribution is 2.24. The van der Waals surface area contributed by atoms with Crippen molar-refractivity contribution >= 4 is 23.8 Å². The van der Waals surface area contributed by atoms with E-state index in [0.29, 0.717) is 22.0 Å². The molecule has 0 unspecified atom stereocenters. The molecule has 170 valence electrons. The summed E-state index contributed by atoms with van der Waals surface area (Å²) in [4.78, 5) is 12.6. The van der Waals surface area contributed by atoms with Crippen LogP contribution in [0.1, 0.15) is 0 Å². The number of carbonyl (C=O) groups excluding carboxylic acids is 1. The summed E-state index contributed by atoms with van der Waals surface area (Å²) in [5, 5.41) is 7.27. The molecule has 0 saturated carbocycles. The van der Waals surface area contributed by atoms with Crippen LogP contribution in [0.3, 0.4) is 0 Å². The lowest BCUT2D eigenvalue weighted by Crippen LogP contribution is -2.20. The molecule has 0 aliphatic heterocycles. The molecule has 4 rings (SSSR count). The standard InChI is InChI=1S/C22H19F2N5O3S/c1-31-18-6-4-5-15(13-18)20-26-28(22(33)29(20)27-11-2-3-12-27)14-19(30)25-16-7-9-17(10-8-16)32-21(23)24/h2-13,21H,14H2,1H3,(H,25,30). The van der Waals surface area contributed by atoms with Gasteiger partial charge in [-0.1, -0.05) is 12.1 Å². The van der Waals surface area contributed by atoms with E-state index >= 15 is 0 Å². The number of hydrogen-bond donors (Lipinski definition) is 1. The third-order valence-corrected chi connectivity index (χ3v) is 5.01. The SMILES string of the molecule is COc1cccc(-c2nn(CC(=O)Nc3ccc(OC(F)F)cc3)c(=S)n2-n2cccc2)c1. The fourth-order valence-corrected chi connectivity index (χ4v) is 3.45. The first kappa shape index (κ1) is 22.2.